The first-order chi connectivity index (χ1) is 9.01. The van der Waals surface area contributed by atoms with E-state index >= 15 is 0 Å². The van der Waals surface area contributed by atoms with E-state index in [1.807, 2.05) is 0 Å². The number of nitrogens with one attached hydrogen (secondary N) is 1. The monoisotopic (exact) mass is 454 g/mol. The zero-order valence-corrected chi connectivity index (χ0v) is 16.5. The molecular formula is C14H24BrIN4. The molecule has 0 bridgehead atoms. The van der Waals surface area contributed by atoms with Crippen LogP contribution in [0.2, 0.25) is 0 Å². The average Bonchev–Trinajstić information content (AvgIpc) is 2.93. The molecule has 2 rings (SSSR count). The molecule has 1 fully saturated rings. The van der Waals surface area contributed by atoms with Crippen LogP contribution in [0.5, 0.6) is 0 Å². The fraction of sp³-hybridized carbons (Fsp3) is 0.643. The molecule has 1 N–H and O–H groups in total. The maximum Gasteiger partial charge on any atom is 0.194 e. The Morgan fingerprint density at radius 3 is 2.70 bits per heavy atom. The van der Waals surface area contributed by atoms with Crippen molar-refractivity contribution in [2.24, 2.45) is 18.0 Å². The van der Waals surface area contributed by atoms with Crippen molar-refractivity contribution in [2.75, 3.05) is 13.6 Å². The Balaban J connectivity index is 0.00000200. The van der Waals surface area contributed by atoms with Crippen molar-refractivity contribution >= 4 is 45.9 Å². The second kappa shape index (κ2) is 7.68. The normalized spacial score (nSPS) is 21.4. The van der Waals surface area contributed by atoms with Gasteiger partial charge in [0.1, 0.15) is 0 Å². The Morgan fingerprint density at radius 1 is 1.60 bits per heavy atom. The molecule has 0 aromatic carbocycles. The number of nitrogens with zero attached hydrogens (tertiary/aromatic N) is 3. The molecule has 1 heterocycles. The maximum atomic E-state index is 4.58. The van der Waals surface area contributed by atoms with Gasteiger partial charge in [-0.05, 0) is 41.3 Å². The van der Waals surface area contributed by atoms with Gasteiger partial charge in [-0.25, -0.2) is 0 Å². The zero-order chi connectivity index (χ0) is 14.0. The molecule has 0 spiro atoms. The third-order valence-electron chi connectivity index (χ3n) is 3.57. The van der Waals surface area contributed by atoms with Gasteiger partial charge in [-0.1, -0.05) is 6.92 Å². The van der Waals surface area contributed by atoms with Crippen LogP contribution in [0.25, 0.3) is 0 Å². The zero-order valence-electron chi connectivity index (χ0n) is 12.6. The molecule has 0 aliphatic heterocycles. The molecule has 2 unspecified atom stereocenters. The molecule has 114 valence electrons. The van der Waals surface area contributed by atoms with E-state index in [0.29, 0.717) is 6.04 Å². The molecule has 0 amide bonds. The molecular weight excluding hydrogens is 431 g/mol. The van der Waals surface area contributed by atoms with Crippen molar-refractivity contribution < 1.29 is 0 Å². The van der Waals surface area contributed by atoms with Crippen LogP contribution < -0.4 is 5.32 Å². The summed E-state index contributed by atoms with van der Waals surface area (Å²) in [4.78, 5) is 6.77. The van der Waals surface area contributed by atoms with Gasteiger partial charge in [-0.15, -0.1) is 24.0 Å². The molecule has 1 aromatic rings. The summed E-state index contributed by atoms with van der Waals surface area (Å²) < 4.78 is 3.26. The Bertz CT molecular complexity index is 472. The highest BCUT2D eigenvalue weighted by Gasteiger charge is 2.33. The van der Waals surface area contributed by atoms with Gasteiger partial charge < -0.3 is 14.8 Å². The van der Waals surface area contributed by atoms with Crippen molar-refractivity contribution in [3.63, 3.8) is 0 Å². The lowest BCUT2D eigenvalue weighted by atomic mass is 10.4. The average molecular weight is 455 g/mol. The Hall–Kier alpha value is -0.240. The number of aryl methyl sites for hydroxylation is 1. The lowest BCUT2D eigenvalue weighted by molar-refractivity contribution is 0.458. The molecule has 1 saturated carbocycles. The van der Waals surface area contributed by atoms with Crippen molar-refractivity contribution in [2.45, 2.75) is 32.9 Å². The smallest absolute Gasteiger partial charge is 0.194 e. The second-order valence-corrected chi connectivity index (χ2v) is 6.29. The number of aromatic nitrogens is 1. The van der Waals surface area contributed by atoms with E-state index < -0.39 is 0 Å². The highest BCUT2D eigenvalue weighted by molar-refractivity contribution is 14.0. The van der Waals surface area contributed by atoms with Crippen molar-refractivity contribution in [3.05, 3.63) is 22.4 Å². The van der Waals surface area contributed by atoms with Crippen LogP contribution in [-0.4, -0.2) is 35.1 Å². The predicted octanol–water partition coefficient (Wildman–Crippen LogP) is 3.21. The molecule has 6 heteroatoms. The molecule has 1 aromatic heterocycles. The third-order valence-corrected chi connectivity index (χ3v) is 4.00. The first-order valence-corrected chi connectivity index (χ1v) is 7.63. The first-order valence-electron chi connectivity index (χ1n) is 6.84. The number of hydrogen-bond donors (Lipinski definition) is 1. The summed E-state index contributed by atoms with van der Waals surface area (Å²) in [5.41, 5.74) is 1.27. The molecule has 1 aliphatic carbocycles. The van der Waals surface area contributed by atoms with Crippen LogP contribution in [0.1, 0.15) is 26.0 Å². The molecule has 2 atom stereocenters. The number of halogens is 2. The molecule has 4 nitrogen and oxygen atoms in total. The van der Waals surface area contributed by atoms with Crippen molar-refractivity contribution in [1.82, 2.24) is 14.8 Å². The largest absolute Gasteiger partial charge is 0.353 e. The van der Waals surface area contributed by atoms with Crippen LogP contribution in [0.15, 0.2) is 21.7 Å². The fourth-order valence-corrected chi connectivity index (χ4v) is 2.73. The van der Waals surface area contributed by atoms with E-state index in [0.717, 1.165) is 29.4 Å². The standard InChI is InChI=1S/C14H23BrN4.HI/c1-5-16-14(17-13-6-10(13)2)19(4)9-12-7-11(15)8-18(12)3;/h7-8,10,13H,5-6,9H2,1-4H3,(H,16,17);1H. The van der Waals surface area contributed by atoms with Gasteiger partial charge in [0.15, 0.2) is 5.96 Å². The van der Waals surface area contributed by atoms with E-state index in [2.05, 4.69) is 75.9 Å². The lowest BCUT2D eigenvalue weighted by Crippen LogP contribution is -2.40. The van der Waals surface area contributed by atoms with Crippen LogP contribution in [0, 0.1) is 5.92 Å². The van der Waals surface area contributed by atoms with Crippen LogP contribution in [-0.2, 0) is 13.6 Å². The van der Waals surface area contributed by atoms with E-state index in [-0.39, 0.29) is 24.0 Å². The molecule has 0 radical (unpaired) electrons. The number of guanidine groups is 1. The van der Waals surface area contributed by atoms with E-state index in [9.17, 15) is 0 Å². The lowest BCUT2D eigenvalue weighted by Gasteiger charge is -2.22. The third kappa shape index (κ3) is 4.65. The Morgan fingerprint density at radius 2 is 2.25 bits per heavy atom. The molecule has 20 heavy (non-hydrogen) atoms. The van der Waals surface area contributed by atoms with Gasteiger partial charge in [0.05, 0.1) is 6.54 Å². The number of hydrogen-bond acceptors (Lipinski definition) is 1. The highest BCUT2D eigenvalue weighted by atomic mass is 127. The van der Waals surface area contributed by atoms with Crippen molar-refractivity contribution in [3.8, 4) is 0 Å². The SMILES string of the molecule is CCN=C(NC1CC1C)N(C)Cc1cc(Br)cn1C.I. The number of aliphatic imine (C=N–C) groups is 1. The minimum Gasteiger partial charge on any atom is -0.353 e. The molecule has 1 aliphatic rings. The summed E-state index contributed by atoms with van der Waals surface area (Å²) in [6.07, 6.45) is 3.34. The van der Waals surface area contributed by atoms with Gasteiger partial charge in [-0.2, -0.15) is 0 Å². The van der Waals surface area contributed by atoms with E-state index in [1.165, 1.54) is 12.1 Å². The molecule has 0 saturated heterocycles. The quantitative estimate of drug-likeness (QED) is 0.430. The van der Waals surface area contributed by atoms with Gasteiger partial charge in [0.2, 0.25) is 0 Å². The van der Waals surface area contributed by atoms with Crippen LogP contribution in [0.3, 0.4) is 0 Å². The first kappa shape index (κ1) is 17.8. The summed E-state index contributed by atoms with van der Waals surface area (Å²) in [5.74, 6) is 1.79. The van der Waals surface area contributed by atoms with Crippen LogP contribution >= 0.6 is 39.9 Å². The minimum absolute atomic E-state index is 0. The predicted molar refractivity (Wildman–Crippen MR) is 98.7 cm³/mol. The summed E-state index contributed by atoms with van der Waals surface area (Å²) in [7, 11) is 4.16. The van der Waals surface area contributed by atoms with Gasteiger partial charge in [0.25, 0.3) is 0 Å². The van der Waals surface area contributed by atoms with E-state index in [1.54, 1.807) is 0 Å². The maximum absolute atomic E-state index is 4.58. The van der Waals surface area contributed by atoms with Crippen molar-refractivity contribution in [1.29, 1.82) is 0 Å². The Labute approximate surface area is 147 Å². The van der Waals surface area contributed by atoms with Gasteiger partial charge in [-0.3, -0.25) is 4.99 Å². The summed E-state index contributed by atoms with van der Waals surface area (Å²) in [5, 5.41) is 3.54. The van der Waals surface area contributed by atoms with Gasteiger partial charge in [0, 0.05) is 43.0 Å². The topological polar surface area (TPSA) is 32.6 Å². The van der Waals surface area contributed by atoms with Gasteiger partial charge >= 0.3 is 0 Å². The van der Waals surface area contributed by atoms with E-state index in [4.69, 9.17) is 0 Å². The summed E-state index contributed by atoms with van der Waals surface area (Å²) >= 11 is 3.51. The second-order valence-electron chi connectivity index (χ2n) is 5.38. The fourth-order valence-electron chi connectivity index (χ4n) is 2.16. The Kier molecular flexibility index (Phi) is 6.84. The minimum atomic E-state index is 0. The summed E-state index contributed by atoms with van der Waals surface area (Å²) in [6, 6.07) is 2.76. The van der Waals surface area contributed by atoms with Crippen LogP contribution in [0.4, 0.5) is 0 Å². The summed E-state index contributed by atoms with van der Waals surface area (Å²) in [6.45, 7) is 6.01. The highest BCUT2D eigenvalue weighted by Crippen LogP contribution is 2.29. The number of rotatable bonds is 4.